The van der Waals surface area contributed by atoms with Gasteiger partial charge in [0.05, 0.1) is 5.75 Å². The molecule has 1 saturated heterocycles. The first-order valence-corrected chi connectivity index (χ1v) is 10.7. The standard InChI is InChI=1S/C16H32N4O3S.HI/c1-13(9-12-24(4,22)23)19-16(17-3)18-10-8-15(21)20-11-6-5-7-14(20)2;/h13-14H,5-12H2,1-4H3,(H2,17,18,19);1H. The van der Waals surface area contributed by atoms with E-state index >= 15 is 0 Å². The van der Waals surface area contributed by atoms with E-state index in [0.717, 1.165) is 19.4 Å². The minimum absolute atomic E-state index is 0. The van der Waals surface area contributed by atoms with Crippen LogP contribution in [0.5, 0.6) is 0 Å². The summed E-state index contributed by atoms with van der Waals surface area (Å²) in [4.78, 5) is 18.4. The van der Waals surface area contributed by atoms with E-state index < -0.39 is 9.84 Å². The van der Waals surface area contributed by atoms with Crippen LogP contribution < -0.4 is 10.6 Å². The Morgan fingerprint density at radius 1 is 1.36 bits per heavy atom. The lowest BCUT2D eigenvalue weighted by atomic mass is 10.0. The number of carbonyl (C=O) groups excluding carboxylic acids is 1. The summed E-state index contributed by atoms with van der Waals surface area (Å²) in [5.74, 6) is 0.912. The Labute approximate surface area is 169 Å². The third-order valence-electron chi connectivity index (χ3n) is 4.28. The van der Waals surface area contributed by atoms with Crippen LogP contribution in [-0.2, 0) is 14.6 Å². The Morgan fingerprint density at radius 3 is 2.60 bits per heavy atom. The minimum Gasteiger partial charge on any atom is -0.356 e. The fraction of sp³-hybridized carbons (Fsp3) is 0.875. The van der Waals surface area contributed by atoms with Crippen LogP contribution in [0.25, 0.3) is 0 Å². The van der Waals surface area contributed by atoms with Gasteiger partial charge < -0.3 is 15.5 Å². The zero-order chi connectivity index (χ0) is 18.2. The molecule has 1 rings (SSSR count). The first kappa shape index (κ1) is 24.4. The van der Waals surface area contributed by atoms with Gasteiger partial charge in [0.25, 0.3) is 0 Å². The van der Waals surface area contributed by atoms with E-state index in [9.17, 15) is 13.2 Å². The Hall–Kier alpha value is -0.580. The van der Waals surface area contributed by atoms with Gasteiger partial charge in [-0.05, 0) is 39.5 Å². The monoisotopic (exact) mass is 488 g/mol. The minimum atomic E-state index is -2.96. The second-order valence-corrected chi connectivity index (χ2v) is 8.90. The van der Waals surface area contributed by atoms with Crippen molar-refractivity contribution in [3.05, 3.63) is 0 Å². The van der Waals surface area contributed by atoms with Gasteiger partial charge in [0.2, 0.25) is 5.91 Å². The molecule has 1 fully saturated rings. The van der Waals surface area contributed by atoms with Crippen molar-refractivity contribution in [2.45, 2.75) is 58.0 Å². The molecule has 9 heteroatoms. The van der Waals surface area contributed by atoms with Crippen LogP contribution in [0.1, 0.15) is 46.0 Å². The molecule has 0 saturated carbocycles. The van der Waals surface area contributed by atoms with Gasteiger partial charge in [-0.1, -0.05) is 0 Å². The number of hydrogen-bond acceptors (Lipinski definition) is 4. The fourth-order valence-electron chi connectivity index (χ4n) is 2.79. The number of rotatable bonds is 7. The van der Waals surface area contributed by atoms with E-state index in [0.29, 0.717) is 31.4 Å². The van der Waals surface area contributed by atoms with Gasteiger partial charge in [-0.2, -0.15) is 0 Å². The molecular formula is C16H33IN4O3S. The van der Waals surface area contributed by atoms with Crippen LogP contribution in [0.3, 0.4) is 0 Å². The number of hydrogen-bond donors (Lipinski definition) is 2. The molecule has 2 unspecified atom stereocenters. The molecule has 2 N–H and O–H groups in total. The molecule has 0 radical (unpaired) electrons. The van der Waals surface area contributed by atoms with Crippen molar-refractivity contribution in [1.82, 2.24) is 15.5 Å². The Balaban J connectivity index is 0.00000576. The van der Waals surface area contributed by atoms with Crippen molar-refractivity contribution in [1.29, 1.82) is 0 Å². The highest BCUT2D eigenvalue weighted by Gasteiger charge is 2.22. The SMILES string of the molecule is CN=C(NCCC(=O)N1CCCCC1C)NC(C)CCS(C)(=O)=O.I. The molecule has 0 aromatic carbocycles. The average molecular weight is 488 g/mol. The van der Waals surface area contributed by atoms with E-state index in [2.05, 4.69) is 22.5 Å². The zero-order valence-electron chi connectivity index (χ0n) is 15.7. The quantitative estimate of drug-likeness (QED) is 0.321. The number of likely N-dealkylation sites (tertiary alicyclic amines) is 1. The van der Waals surface area contributed by atoms with Crippen molar-refractivity contribution >= 4 is 45.7 Å². The molecule has 2 atom stereocenters. The smallest absolute Gasteiger partial charge is 0.224 e. The summed E-state index contributed by atoms with van der Waals surface area (Å²) in [5, 5.41) is 6.28. The summed E-state index contributed by atoms with van der Waals surface area (Å²) in [6.45, 7) is 5.39. The molecule has 25 heavy (non-hydrogen) atoms. The molecule has 148 valence electrons. The molecule has 0 bridgehead atoms. The first-order valence-electron chi connectivity index (χ1n) is 8.67. The number of amides is 1. The average Bonchev–Trinajstić information content (AvgIpc) is 2.51. The number of nitrogens with one attached hydrogen (secondary N) is 2. The van der Waals surface area contributed by atoms with Crippen molar-refractivity contribution in [2.75, 3.05) is 32.1 Å². The van der Waals surface area contributed by atoms with Crippen molar-refractivity contribution in [3.63, 3.8) is 0 Å². The maximum absolute atomic E-state index is 12.3. The van der Waals surface area contributed by atoms with Gasteiger partial charge >= 0.3 is 0 Å². The molecule has 1 aliphatic heterocycles. The lowest BCUT2D eigenvalue weighted by Gasteiger charge is -2.33. The maximum atomic E-state index is 12.3. The Bertz CT molecular complexity index is 539. The summed E-state index contributed by atoms with van der Waals surface area (Å²) < 4.78 is 22.4. The molecule has 7 nitrogen and oxygen atoms in total. The van der Waals surface area contributed by atoms with Crippen LogP contribution in [0.15, 0.2) is 4.99 Å². The molecule has 0 aliphatic carbocycles. The second kappa shape index (κ2) is 11.9. The molecule has 1 heterocycles. The third kappa shape index (κ3) is 10.2. The van der Waals surface area contributed by atoms with Crippen molar-refractivity contribution in [2.24, 2.45) is 4.99 Å². The number of halogens is 1. The van der Waals surface area contributed by atoms with E-state index in [1.54, 1.807) is 7.05 Å². The number of carbonyl (C=O) groups is 1. The van der Waals surface area contributed by atoms with Crippen LogP contribution in [0.2, 0.25) is 0 Å². The predicted molar refractivity (Wildman–Crippen MR) is 113 cm³/mol. The largest absolute Gasteiger partial charge is 0.356 e. The Kier molecular flexibility index (Phi) is 11.6. The summed E-state index contributed by atoms with van der Waals surface area (Å²) in [6, 6.07) is 0.323. The third-order valence-corrected chi connectivity index (χ3v) is 5.26. The molecule has 1 aliphatic rings. The van der Waals surface area contributed by atoms with E-state index in [1.165, 1.54) is 12.7 Å². The van der Waals surface area contributed by atoms with E-state index in [1.807, 2.05) is 11.8 Å². The van der Waals surface area contributed by atoms with Crippen LogP contribution in [0, 0.1) is 0 Å². The Morgan fingerprint density at radius 2 is 2.04 bits per heavy atom. The maximum Gasteiger partial charge on any atom is 0.224 e. The summed E-state index contributed by atoms with van der Waals surface area (Å²) in [7, 11) is -1.30. The number of aliphatic imine (C=N–C) groups is 1. The highest BCUT2D eigenvalue weighted by molar-refractivity contribution is 14.0. The lowest BCUT2D eigenvalue weighted by molar-refractivity contribution is -0.134. The molecular weight excluding hydrogens is 455 g/mol. The first-order chi connectivity index (χ1) is 11.2. The van der Waals surface area contributed by atoms with Gasteiger partial charge in [0.1, 0.15) is 9.84 Å². The van der Waals surface area contributed by atoms with Crippen molar-refractivity contribution in [3.8, 4) is 0 Å². The van der Waals surface area contributed by atoms with E-state index in [4.69, 9.17) is 0 Å². The van der Waals surface area contributed by atoms with E-state index in [-0.39, 0.29) is 41.7 Å². The van der Waals surface area contributed by atoms with Crippen LogP contribution >= 0.6 is 24.0 Å². The number of sulfone groups is 1. The van der Waals surface area contributed by atoms with Gasteiger partial charge in [-0.3, -0.25) is 9.79 Å². The van der Waals surface area contributed by atoms with Crippen LogP contribution in [-0.4, -0.2) is 69.4 Å². The number of guanidine groups is 1. The summed E-state index contributed by atoms with van der Waals surface area (Å²) >= 11 is 0. The van der Waals surface area contributed by atoms with Gasteiger partial charge in [-0.25, -0.2) is 8.42 Å². The second-order valence-electron chi connectivity index (χ2n) is 6.64. The normalized spacial score (nSPS) is 19.8. The van der Waals surface area contributed by atoms with Gasteiger partial charge in [0, 0.05) is 44.9 Å². The molecule has 0 aromatic rings. The molecule has 1 amide bonds. The molecule has 0 aromatic heterocycles. The highest BCUT2D eigenvalue weighted by atomic mass is 127. The lowest BCUT2D eigenvalue weighted by Crippen LogP contribution is -2.46. The number of piperidine rings is 1. The van der Waals surface area contributed by atoms with Gasteiger partial charge in [-0.15, -0.1) is 24.0 Å². The fourth-order valence-corrected chi connectivity index (χ4v) is 3.57. The zero-order valence-corrected chi connectivity index (χ0v) is 18.9. The summed E-state index contributed by atoms with van der Waals surface area (Å²) in [5.41, 5.74) is 0. The van der Waals surface area contributed by atoms with Gasteiger partial charge in [0.15, 0.2) is 5.96 Å². The van der Waals surface area contributed by atoms with Crippen molar-refractivity contribution < 1.29 is 13.2 Å². The topological polar surface area (TPSA) is 90.9 Å². The number of nitrogens with zero attached hydrogens (tertiary/aromatic N) is 2. The highest BCUT2D eigenvalue weighted by Crippen LogP contribution is 2.16. The summed E-state index contributed by atoms with van der Waals surface area (Å²) in [6.07, 6.45) is 5.56. The predicted octanol–water partition coefficient (Wildman–Crippen LogP) is 1.38. The molecule has 0 spiro atoms. The van der Waals surface area contributed by atoms with Crippen LogP contribution in [0.4, 0.5) is 0 Å².